The number of ether oxygens (including phenoxy) is 2. The normalized spacial score (nSPS) is 11.9. The van der Waals surface area contributed by atoms with Gasteiger partial charge in [-0.3, -0.25) is 4.79 Å². The monoisotopic (exact) mass is 313 g/mol. The van der Waals surface area contributed by atoms with E-state index in [0.717, 1.165) is 11.1 Å². The third kappa shape index (κ3) is 5.48. The molecule has 1 aromatic carbocycles. The molecule has 1 aromatic rings. The number of esters is 1. The van der Waals surface area contributed by atoms with E-state index in [4.69, 9.17) is 27.4 Å². The van der Waals surface area contributed by atoms with E-state index in [-0.39, 0.29) is 17.8 Å². The second-order valence-electron chi connectivity index (χ2n) is 4.13. The second kappa shape index (κ2) is 8.94. The first-order valence-electron chi connectivity index (χ1n) is 6.21. The molecular weight excluding hydrogens is 294 g/mol. The minimum Gasteiger partial charge on any atom is -0.462 e. The fourth-order valence-electron chi connectivity index (χ4n) is 1.51. The van der Waals surface area contributed by atoms with E-state index in [1.165, 1.54) is 11.8 Å². The van der Waals surface area contributed by atoms with E-state index in [2.05, 4.69) is 0 Å². The summed E-state index contributed by atoms with van der Waals surface area (Å²) in [4.78, 5) is 12.1. The van der Waals surface area contributed by atoms with Gasteiger partial charge in [-0.1, -0.05) is 36.5 Å². The van der Waals surface area contributed by atoms with E-state index in [1.807, 2.05) is 31.2 Å². The van der Waals surface area contributed by atoms with E-state index >= 15 is 0 Å². The molecule has 0 bridgehead atoms. The van der Waals surface area contributed by atoms with Crippen LogP contribution in [-0.4, -0.2) is 36.5 Å². The van der Waals surface area contributed by atoms with Crippen molar-refractivity contribution in [1.29, 1.82) is 0 Å². The van der Waals surface area contributed by atoms with Gasteiger partial charge in [0.15, 0.2) is 0 Å². The molecule has 110 valence electrons. The number of benzene rings is 1. The van der Waals surface area contributed by atoms with Gasteiger partial charge in [0.05, 0.1) is 11.9 Å². The molecule has 0 saturated heterocycles. The summed E-state index contributed by atoms with van der Waals surface area (Å²) in [7, 11) is 1.57. The number of hydrogen-bond acceptors (Lipinski definition) is 5. The first-order valence-corrected chi connectivity index (χ1v) is 7.66. The van der Waals surface area contributed by atoms with Gasteiger partial charge in [0.1, 0.15) is 11.6 Å². The van der Waals surface area contributed by atoms with Crippen LogP contribution in [0.2, 0.25) is 0 Å². The van der Waals surface area contributed by atoms with Gasteiger partial charge in [-0.25, -0.2) is 0 Å². The highest BCUT2D eigenvalue weighted by molar-refractivity contribution is 7.99. The minimum atomic E-state index is -0.244. The highest BCUT2D eigenvalue weighted by atomic mass is 32.2. The first-order chi connectivity index (χ1) is 9.56. The zero-order chi connectivity index (χ0) is 15.0. The van der Waals surface area contributed by atoms with Crippen LogP contribution < -0.4 is 5.73 Å². The van der Waals surface area contributed by atoms with Crippen molar-refractivity contribution in [2.45, 2.75) is 17.9 Å². The van der Waals surface area contributed by atoms with Gasteiger partial charge >= 0.3 is 5.97 Å². The molecule has 0 heterocycles. The maximum atomic E-state index is 11.7. The predicted molar refractivity (Wildman–Crippen MR) is 85.9 cm³/mol. The van der Waals surface area contributed by atoms with Crippen LogP contribution in [0.3, 0.4) is 0 Å². The lowest BCUT2D eigenvalue weighted by molar-refractivity contribution is -0.143. The van der Waals surface area contributed by atoms with Crippen molar-refractivity contribution in [2.24, 2.45) is 5.73 Å². The first kappa shape index (κ1) is 16.9. The molecule has 0 saturated carbocycles. The summed E-state index contributed by atoms with van der Waals surface area (Å²) in [6.07, 6.45) is 0. The van der Waals surface area contributed by atoms with Gasteiger partial charge in [0, 0.05) is 18.4 Å². The Labute approximate surface area is 129 Å². The maximum Gasteiger partial charge on any atom is 0.318 e. The molecule has 0 aliphatic rings. The van der Waals surface area contributed by atoms with Crippen molar-refractivity contribution in [1.82, 2.24) is 0 Å². The largest absolute Gasteiger partial charge is 0.462 e. The van der Waals surface area contributed by atoms with E-state index < -0.39 is 0 Å². The van der Waals surface area contributed by atoms with Crippen LogP contribution in [0.25, 0.3) is 0 Å². The lowest BCUT2D eigenvalue weighted by atomic mass is 10.1. The Kier molecular flexibility index (Phi) is 7.58. The smallest absolute Gasteiger partial charge is 0.318 e. The van der Waals surface area contributed by atoms with E-state index in [0.29, 0.717) is 17.3 Å². The standard InChI is InChI=1S/C14H19NO3S2/c1-10(14(16)18-8-7-17-2)20-9-11-5-3-4-6-12(11)13(15)19/h3-6,10H,7-9H2,1-2H3,(H2,15,19). The second-order valence-corrected chi connectivity index (χ2v) is 5.90. The number of nitrogens with two attached hydrogens (primary N) is 1. The molecule has 4 nitrogen and oxygen atoms in total. The van der Waals surface area contributed by atoms with Crippen molar-refractivity contribution < 1.29 is 14.3 Å². The highest BCUT2D eigenvalue weighted by Gasteiger charge is 2.16. The van der Waals surface area contributed by atoms with Crippen molar-refractivity contribution in [3.05, 3.63) is 35.4 Å². The molecule has 20 heavy (non-hydrogen) atoms. The Hall–Kier alpha value is -1.11. The number of methoxy groups -OCH3 is 1. The molecule has 1 unspecified atom stereocenters. The zero-order valence-electron chi connectivity index (χ0n) is 11.6. The van der Waals surface area contributed by atoms with Crippen molar-refractivity contribution >= 4 is 34.9 Å². The van der Waals surface area contributed by atoms with Crippen LogP contribution >= 0.6 is 24.0 Å². The number of hydrogen-bond donors (Lipinski definition) is 1. The fraction of sp³-hybridized carbons (Fsp3) is 0.429. The molecule has 0 spiro atoms. The molecule has 1 atom stereocenters. The Bertz CT molecular complexity index is 465. The van der Waals surface area contributed by atoms with Crippen LogP contribution in [-0.2, 0) is 20.0 Å². The number of thiocarbonyl (C=S) groups is 1. The number of thioether (sulfide) groups is 1. The minimum absolute atomic E-state index is 0.236. The SMILES string of the molecule is COCCOC(=O)C(C)SCc1ccccc1C(N)=S. The zero-order valence-corrected chi connectivity index (χ0v) is 13.3. The third-order valence-corrected chi connectivity index (χ3v) is 4.03. The van der Waals surface area contributed by atoms with Crippen molar-refractivity contribution in [3.8, 4) is 0 Å². The summed E-state index contributed by atoms with van der Waals surface area (Å²) < 4.78 is 9.91. The van der Waals surface area contributed by atoms with Crippen LogP contribution in [0.1, 0.15) is 18.1 Å². The third-order valence-electron chi connectivity index (χ3n) is 2.64. The molecule has 0 aliphatic carbocycles. The van der Waals surface area contributed by atoms with Gasteiger partial charge in [-0.05, 0) is 12.5 Å². The fourth-order valence-corrected chi connectivity index (χ4v) is 2.60. The molecule has 0 aromatic heterocycles. The van der Waals surface area contributed by atoms with E-state index in [1.54, 1.807) is 7.11 Å². The van der Waals surface area contributed by atoms with Crippen LogP contribution in [0, 0.1) is 0 Å². The van der Waals surface area contributed by atoms with Crippen molar-refractivity contribution in [2.75, 3.05) is 20.3 Å². The average molecular weight is 313 g/mol. The summed E-state index contributed by atoms with van der Waals surface area (Å²) in [6, 6.07) is 7.68. The summed E-state index contributed by atoms with van der Waals surface area (Å²) in [6.45, 7) is 2.51. The molecular formula is C14H19NO3S2. The Morgan fingerprint density at radius 2 is 2.10 bits per heavy atom. The lowest BCUT2D eigenvalue weighted by Gasteiger charge is -2.12. The Morgan fingerprint density at radius 1 is 1.40 bits per heavy atom. The lowest BCUT2D eigenvalue weighted by Crippen LogP contribution is -2.19. The predicted octanol–water partition coefficient (Wildman–Crippen LogP) is 2.13. The molecule has 1 rings (SSSR count). The van der Waals surface area contributed by atoms with Crippen LogP contribution in [0.15, 0.2) is 24.3 Å². The molecule has 2 N–H and O–H groups in total. The Morgan fingerprint density at radius 3 is 2.75 bits per heavy atom. The van der Waals surface area contributed by atoms with Gasteiger partial charge in [0.2, 0.25) is 0 Å². The molecule has 0 aliphatic heterocycles. The topological polar surface area (TPSA) is 61.5 Å². The van der Waals surface area contributed by atoms with E-state index in [9.17, 15) is 4.79 Å². The number of carbonyl (C=O) groups excluding carboxylic acids is 1. The quantitative estimate of drug-likeness (QED) is 0.451. The van der Waals surface area contributed by atoms with Crippen molar-refractivity contribution in [3.63, 3.8) is 0 Å². The van der Waals surface area contributed by atoms with Gasteiger partial charge < -0.3 is 15.2 Å². The van der Waals surface area contributed by atoms with Crippen LogP contribution in [0.5, 0.6) is 0 Å². The van der Waals surface area contributed by atoms with Crippen LogP contribution in [0.4, 0.5) is 0 Å². The summed E-state index contributed by atoms with van der Waals surface area (Å²) in [5.41, 5.74) is 7.56. The molecule has 0 fully saturated rings. The highest BCUT2D eigenvalue weighted by Crippen LogP contribution is 2.21. The van der Waals surface area contributed by atoms with Gasteiger partial charge in [0.25, 0.3) is 0 Å². The summed E-state index contributed by atoms with van der Waals surface area (Å²) >= 11 is 6.51. The molecule has 0 radical (unpaired) electrons. The molecule has 6 heteroatoms. The number of rotatable bonds is 8. The summed E-state index contributed by atoms with van der Waals surface area (Å²) in [5, 5.41) is -0.244. The maximum absolute atomic E-state index is 11.7. The molecule has 0 amide bonds. The van der Waals surface area contributed by atoms with Gasteiger partial charge in [-0.2, -0.15) is 0 Å². The number of carbonyl (C=O) groups is 1. The average Bonchev–Trinajstić information content (AvgIpc) is 2.45. The van der Waals surface area contributed by atoms with Gasteiger partial charge in [-0.15, -0.1) is 11.8 Å². The Balaban J connectivity index is 2.50. The summed E-state index contributed by atoms with van der Waals surface area (Å²) in [5.74, 6) is 0.425.